The second kappa shape index (κ2) is 13.0. The van der Waals surface area contributed by atoms with Gasteiger partial charge in [0, 0.05) is 47.5 Å². The van der Waals surface area contributed by atoms with Crippen LogP contribution in [0.3, 0.4) is 0 Å². The molecule has 2 aliphatic heterocycles. The molecular formula is C37H40FN5O4. The molecule has 0 amide bonds. The fourth-order valence-corrected chi connectivity index (χ4v) is 6.38. The zero-order valence-corrected chi connectivity index (χ0v) is 27.1. The number of piperidine rings is 1. The topological polar surface area (TPSA) is 91.6 Å². The van der Waals surface area contributed by atoms with Crippen molar-refractivity contribution in [2.75, 3.05) is 19.7 Å². The Kier molecular flexibility index (Phi) is 8.63. The number of likely N-dealkylation sites (tertiary alicyclic amines) is 1. The molecule has 2 aromatic carbocycles. The molecule has 7 rings (SSSR count). The van der Waals surface area contributed by atoms with Crippen LogP contribution >= 0.6 is 0 Å². The molecular weight excluding hydrogens is 597 g/mol. The van der Waals surface area contributed by atoms with Crippen LogP contribution in [0.4, 0.5) is 4.39 Å². The van der Waals surface area contributed by atoms with Crippen LogP contribution in [-0.4, -0.2) is 61.8 Å². The Morgan fingerprint density at radius 3 is 2.60 bits per heavy atom. The summed E-state index contributed by atoms with van der Waals surface area (Å²) in [7, 11) is 0. The normalized spacial score (nSPS) is 17.6. The third-order valence-corrected chi connectivity index (χ3v) is 8.93. The fraction of sp³-hybridized carbons (Fsp3) is 0.405. The van der Waals surface area contributed by atoms with Crippen LogP contribution in [0, 0.1) is 5.82 Å². The van der Waals surface area contributed by atoms with Crippen LogP contribution in [0.1, 0.15) is 73.4 Å². The van der Waals surface area contributed by atoms with Gasteiger partial charge in [0.05, 0.1) is 41.3 Å². The lowest BCUT2D eigenvalue weighted by Crippen LogP contribution is -2.35. The standard InChI is InChI=1S/C37H40FN5O4/c1-37(2,3)47-36(44)25-7-10-31-33(19-25)43(21-28-14-18-45-28)34(40-31)22-42-16-12-24(13-17-42)30-5-4-6-35(41-30)46-23-26-11-15-39-32-20-27(38)8-9-29(26)32/h4-11,15,19-20,24,28H,12-14,16-18,21-23H2,1-3H3/t28-/m0/s1. The molecule has 3 aromatic heterocycles. The average molecular weight is 638 g/mol. The van der Waals surface area contributed by atoms with Crippen molar-refractivity contribution in [1.29, 1.82) is 0 Å². The first-order valence-corrected chi connectivity index (χ1v) is 16.4. The van der Waals surface area contributed by atoms with Crippen molar-refractivity contribution in [2.45, 2.75) is 77.4 Å². The molecule has 2 fully saturated rings. The van der Waals surface area contributed by atoms with E-state index in [2.05, 4.69) is 20.5 Å². The van der Waals surface area contributed by atoms with E-state index in [4.69, 9.17) is 24.2 Å². The maximum absolute atomic E-state index is 13.7. The minimum absolute atomic E-state index is 0.155. The van der Waals surface area contributed by atoms with Crippen molar-refractivity contribution < 1.29 is 23.4 Å². The largest absolute Gasteiger partial charge is 0.473 e. The molecule has 0 aliphatic carbocycles. The van der Waals surface area contributed by atoms with E-state index < -0.39 is 5.60 Å². The average Bonchev–Trinajstić information content (AvgIpc) is 3.37. The number of imidazole rings is 1. The minimum Gasteiger partial charge on any atom is -0.473 e. The summed E-state index contributed by atoms with van der Waals surface area (Å²) in [5.41, 5.74) is 4.34. The molecule has 0 N–H and O–H groups in total. The van der Waals surface area contributed by atoms with Crippen molar-refractivity contribution in [3.8, 4) is 5.88 Å². The zero-order chi connectivity index (χ0) is 32.5. The Hall–Kier alpha value is -4.41. The predicted octanol–water partition coefficient (Wildman–Crippen LogP) is 6.82. The highest BCUT2D eigenvalue weighted by atomic mass is 19.1. The summed E-state index contributed by atoms with van der Waals surface area (Å²) in [5.74, 6) is 1.25. The Morgan fingerprint density at radius 1 is 1.00 bits per heavy atom. The molecule has 0 radical (unpaired) electrons. The van der Waals surface area contributed by atoms with Crippen molar-refractivity contribution in [3.63, 3.8) is 0 Å². The van der Waals surface area contributed by atoms with Gasteiger partial charge in [-0.15, -0.1) is 0 Å². The molecule has 0 saturated carbocycles. The number of halogens is 1. The molecule has 9 nitrogen and oxygen atoms in total. The van der Waals surface area contributed by atoms with Gasteiger partial charge < -0.3 is 18.8 Å². The van der Waals surface area contributed by atoms with Crippen molar-refractivity contribution in [2.24, 2.45) is 0 Å². The number of rotatable bonds is 9. The molecule has 0 bridgehead atoms. The maximum atomic E-state index is 13.7. The lowest BCUT2D eigenvalue weighted by Gasteiger charge is -2.32. The highest BCUT2D eigenvalue weighted by Gasteiger charge is 2.27. The van der Waals surface area contributed by atoms with Gasteiger partial charge in [-0.25, -0.2) is 19.2 Å². The second-order valence-corrected chi connectivity index (χ2v) is 13.5. The van der Waals surface area contributed by atoms with E-state index in [1.54, 1.807) is 18.3 Å². The molecule has 244 valence electrons. The van der Waals surface area contributed by atoms with Gasteiger partial charge in [0.2, 0.25) is 5.88 Å². The molecule has 0 unspecified atom stereocenters. The van der Waals surface area contributed by atoms with Gasteiger partial charge in [-0.05, 0) is 95.6 Å². The van der Waals surface area contributed by atoms with Crippen LogP contribution in [0.2, 0.25) is 0 Å². The number of esters is 1. The van der Waals surface area contributed by atoms with Crippen LogP contribution in [0.5, 0.6) is 5.88 Å². The molecule has 0 spiro atoms. The molecule has 5 aromatic rings. The summed E-state index contributed by atoms with van der Waals surface area (Å²) in [6, 6.07) is 18.1. The number of hydrogen-bond acceptors (Lipinski definition) is 8. The first-order valence-electron chi connectivity index (χ1n) is 16.4. The van der Waals surface area contributed by atoms with Crippen LogP contribution < -0.4 is 4.74 Å². The third kappa shape index (κ3) is 7.13. The second-order valence-electron chi connectivity index (χ2n) is 13.5. The fourth-order valence-electron chi connectivity index (χ4n) is 6.38. The summed E-state index contributed by atoms with van der Waals surface area (Å²) >= 11 is 0. The van der Waals surface area contributed by atoms with Crippen molar-refractivity contribution in [3.05, 3.63) is 95.3 Å². The first-order chi connectivity index (χ1) is 22.7. The number of hydrogen-bond donors (Lipinski definition) is 0. The van der Waals surface area contributed by atoms with Crippen LogP contribution in [0.15, 0.2) is 66.9 Å². The molecule has 2 saturated heterocycles. The molecule has 5 heterocycles. The highest BCUT2D eigenvalue weighted by molar-refractivity contribution is 5.94. The van der Waals surface area contributed by atoms with Gasteiger partial charge in [0.15, 0.2) is 0 Å². The van der Waals surface area contributed by atoms with E-state index in [-0.39, 0.29) is 17.9 Å². The molecule has 47 heavy (non-hydrogen) atoms. The Bertz CT molecular complexity index is 1910. The van der Waals surface area contributed by atoms with Crippen molar-refractivity contribution >= 4 is 27.9 Å². The Labute approximate surface area is 273 Å². The number of benzene rings is 2. The lowest BCUT2D eigenvalue weighted by molar-refractivity contribution is -0.0592. The van der Waals surface area contributed by atoms with Crippen LogP contribution in [-0.2, 0) is 29.2 Å². The Morgan fingerprint density at radius 2 is 1.83 bits per heavy atom. The molecule has 10 heteroatoms. The summed E-state index contributed by atoms with van der Waals surface area (Å²) in [6.45, 7) is 10.0. The Balaban J connectivity index is 1.01. The third-order valence-electron chi connectivity index (χ3n) is 8.93. The van der Waals surface area contributed by atoms with Gasteiger partial charge in [0.1, 0.15) is 23.8 Å². The number of carbonyl (C=O) groups is 1. The van der Waals surface area contributed by atoms with Crippen LogP contribution in [0.25, 0.3) is 21.9 Å². The summed E-state index contributed by atoms with van der Waals surface area (Å²) in [4.78, 5) is 29.4. The molecule has 1 atom stereocenters. The van der Waals surface area contributed by atoms with Gasteiger partial charge in [-0.2, -0.15) is 0 Å². The quantitative estimate of drug-likeness (QED) is 0.163. The number of fused-ring (bicyclic) bond motifs is 2. The summed E-state index contributed by atoms with van der Waals surface area (Å²) in [5, 5.41) is 0.870. The number of pyridine rings is 2. The minimum atomic E-state index is -0.564. The van der Waals surface area contributed by atoms with Gasteiger partial charge >= 0.3 is 5.97 Å². The van der Waals surface area contributed by atoms with E-state index in [1.807, 2.05) is 51.1 Å². The first kappa shape index (κ1) is 31.2. The van der Waals surface area contributed by atoms with E-state index >= 15 is 0 Å². The van der Waals surface area contributed by atoms with E-state index in [9.17, 15) is 9.18 Å². The number of aromatic nitrogens is 4. The number of ether oxygens (including phenoxy) is 3. The monoisotopic (exact) mass is 637 g/mol. The zero-order valence-electron chi connectivity index (χ0n) is 27.1. The number of carbonyl (C=O) groups excluding carboxylic acids is 1. The summed E-state index contributed by atoms with van der Waals surface area (Å²) in [6.07, 6.45) is 4.81. The maximum Gasteiger partial charge on any atom is 0.338 e. The van der Waals surface area contributed by atoms with Gasteiger partial charge in [0.25, 0.3) is 0 Å². The van der Waals surface area contributed by atoms with E-state index in [0.29, 0.717) is 36.0 Å². The smallest absolute Gasteiger partial charge is 0.338 e. The lowest BCUT2D eigenvalue weighted by atomic mass is 9.93. The van der Waals surface area contributed by atoms with Gasteiger partial charge in [-0.3, -0.25) is 9.88 Å². The summed E-state index contributed by atoms with van der Waals surface area (Å²) < 4.78 is 33.4. The van der Waals surface area contributed by atoms with Crippen molar-refractivity contribution in [1.82, 2.24) is 24.4 Å². The van der Waals surface area contributed by atoms with E-state index in [1.165, 1.54) is 12.1 Å². The number of nitrogens with zero attached hydrogens (tertiary/aromatic N) is 5. The molecule has 2 aliphatic rings. The predicted molar refractivity (Wildman–Crippen MR) is 177 cm³/mol. The highest BCUT2D eigenvalue weighted by Crippen LogP contribution is 2.30. The van der Waals surface area contributed by atoms with Gasteiger partial charge in [-0.1, -0.05) is 6.07 Å². The van der Waals surface area contributed by atoms with E-state index in [0.717, 1.165) is 79.0 Å². The SMILES string of the molecule is CC(C)(C)OC(=O)c1ccc2nc(CN3CCC(c4cccc(OCc5ccnc6cc(F)ccc56)n4)CC3)n(C[C@@H]3CCO3)c2c1.